The number of fused-ring (bicyclic) bond motifs is 1. The minimum atomic E-state index is -0.0904. The van der Waals surface area contributed by atoms with Crippen molar-refractivity contribution in [3.8, 4) is 5.75 Å². The monoisotopic (exact) mass is 445 g/mol. The van der Waals surface area contributed by atoms with Crippen LogP contribution in [0.2, 0.25) is 10.0 Å². The van der Waals surface area contributed by atoms with Crippen LogP contribution in [0.5, 0.6) is 5.75 Å². The van der Waals surface area contributed by atoms with Crippen LogP contribution in [0.1, 0.15) is 10.7 Å². The molecule has 2 aromatic carbocycles. The van der Waals surface area contributed by atoms with E-state index in [4.69, 9.17) is 27.9 Å². The Morgan fingerprint density at radius 2 is 2.00 bits per heavy atom. The highest BCUT2D eigenvalue weighted by Gasteiger charge is 2.15. The Hall–Kier alpha value is -2.54. The van der Waals surface area contributed by atoms with Crippen LogP contribution >= 0.6 is 34.5 Å². The van der Waals surface area contributed by atoms with Gasteiger partial charge in [0.2, 0.25) is 5.91 Å². The van der Waals surface area contributed by atoms with Crippen molar-refractivity contribution in [2.45, 2.75) is 19.7 Å². The van der Waals surface area contributed by atoms with E-state index in [-0.39, 0.29) is 19.1 Å². The highest BCUT2D eigenvalue weighted by atomic mass is 35.5. The van der Waals surface area contributed by atoms with E-state index in [0.29, 0.717) is 28.2 Å². The molecule has 4 rings (SSSR count). The Labute approximate surface area is 181 Å². The molecular formula is C21H17Cl2N3O2S. The van der Waals surface area contributed by atoms with Gasteiger partial charge < -0.3 is 14.6 Å². The van der Waals surface area contributed by atoms with Gasteiger partial charge >= 0.3 is 0 Å². The maximum Gasteiger partial charge on any atom is 0.240 e. The number of nitrogens with zero attached hydrogens (tertiary/aromatic N) is 2. The second-order valence-corrected chi connectivity index (χ2v) is 8.20. The smallest absolute Gasteiger partial charge is 0.240 e. The van der Waals surface area contributed by atoms with Crippen molar-refractivity contribution < 1.29 is 9.53 Å². The van der Waals surface area contributed by atoms with E-state index in [1.54, 1.807) is 29.5 Å². The zero-order valence-electron chi connectivity index (χ0n) is 15.3. The standard InChI is InChI=1S/C21H17Cl2N3O2S/c22-14-7-8-19(16(23)10-14)28-13-20-25-17-5-1-2-6-18(17)26(20)12-21(27)24-11-15-4-3-9-29-15/h1-10H,11-13H2,(H,24,27). The molecule has 0 radical (unpaired) electrons. The number of amides is 1. The lowest BCUT2D eigenvalue weighted by atomic mass is 10.3. The van der Waals surface area contributed by atoms with Gasteiger partial charge in [0, 0.05) is 9.90 Å². The van der Waals surface area contributed by atoms with E-state index in [1.807, 2.05) is 46.3 Å². The normalized spacial score (nSPS) is 11.0. The van der Waals surface area contributed by atoms with Crippen LogP contribution in [0.3, 0.4) is 0 Å². The third kappa shape index (κ3) is 4.72. The molecule has 5 nitrogen and oxygen atoms in total. The lowest BCUT2D eigenvalue weighted by Gasteiger charge is -2.11. The third-order valence-corrected chi connectivity index (χ3v) is 5.73. The molecule has 0 atom stereocenters. The van der Waals surface area contributed by atoms with Crippen molar-refractivity contribution >= 4 is 51.5 Å². The number of para-hydroxylation sites is 2. The van der Waals surface area contributed by atoms with Gasteiger partial charge in [-0.1, -0.05) is 41.4 Å². The molecular weight excluding hydrogens is 429 g/mol. The van der Waals surface area contributed by atoms with E-state index >= 15 is 0 Å². The van der Waals surface area contributed by atoms with Gasteiger partial charge in [0.05, 0.1) is 22.6 Å². The number of ether oxygens (including phenoxy) is 1. The molecule has 0 aliphatic heterocycles. The summed E-state index contributed by atoms with van der Waals surface area (Å²) in [7, 11) is 0. The van der Waals surface area contributed by atoms with Gasteiger partial charge in [-0.3, -0.25) is 4.79 Å². The van der Waals surface area contributed by atoms with Crippen molar-refractivity contribution in [2.24, 2.45) is 0 Å². The van der Waals surface area contributed by atoms with E-state index < -0.39 is 0 Å². The number of nitrogens with one attached hydrogen (secondary N) is 1. The van der Waals surface area contributed by atoms with Gasteiger partial charge in [-0.15, -0.1) is 11.3 Å². The molecule has 0 saturated carbocycles. The van der Waals surface area contributed by atoms with E-state index in [1.165, 1.54) is 0 Å². The molecule has 8 heteroatoms. The van der Waals surface area contributed by atoms with Crippen LogP contribution in [-0.2, 0) is 24.5 Å². The molecule has 148 valence electrons. The minimum Gasteiger partial charge on any atom is -0.484 e. The average Bonchev–Trinajstić information content (AvgIpc) is 3.34. The topological polar surface area (TPSA) is 56.2 Å². The van der Waals surface area contributed by atoms with Gasteiger partial charge in [0.1, 0.15) is 24.7 Å². The fraction of sp³-hybridized carbons (Fsp3) is 0.143. The third-order valence-electron chi connectivity index (χ3n) is 4.33. The van der Waals surface area contributed by atoms with Gasteiger partial charge in [-0.25, -0.2) is 4.98 Å². The molecule has 1 amide bonds. The molecule has 29 heavy (non-hydrogen) atoms. The fourth-order valence-electron chi connectivity index (χ4n) is 2.94. The van der Waals surface area contributed by atoms with Gasteiger partial charge in [0.15, 0.2) is 0 Å². The predicted molar refractivity (Wildman–Crippen MR) is 117 cm³/mol. The summed E-state index contributed by atoms with van der Waals surface area (Å²) >= 11 is 13.7. The van der Waals surface area contributed by atoms with Crippen LogP contribution in [0.15, 0.2) is 60.0 Å². The molecule has 0 bridgehead atoms. The molecule has 0 aliphatic carbocycles. The molecule has 1 N–H and O–H groups in total. The van der Waals surface area contributed by atoms with Crippen molar-refractivity contribution in [1.82, 2.24) is 14.9 Å². The predicted octanol–water partition coefficient (Wildman–Crippen LogP) is 5.30. The largest absolute Gasteiger partial charge is 0.484 e. The molecule has 2 heterocycles. The Kier molecular flexibility index (Phi) is 6.04. The minimum absolute atomic E-state index is 0.0904. The highest BCUT2D eigenvalue weighted by Crippen LogP contribution is 2.28. The molecule has 0 unspecified atom stereocenters. The first-order valence-electron chi connectivity index (χ1n) is 8.91. The van der Waals surface area contributed by atoms with Crippen molar-refractivity contribution in [3.05, 3.63) is 80.7 Å². The fourth-order valence-corrected chi connectivity index (χ4v) is 4.05. The van der Waals surface area contributed by atoms with Crippen LogP contribution in [0.25, 0.3) is 11.0 Å². The zero-order chi connectivity index (χ0) is 20.2. The van der Waals surface area contributed by atoms with Gasteiger partial charge in [-0.05, 0) is 41.8 Å². The zero-order valence-corrected chi connectivity index (χ0v) is 17.6. The number of thiophene rings is 1. The number of imidazole rings is 1. The quantitative estimate of drug-likeness (QED) is 0.419. The summed E-state index contributed by atoms with van der Waals surface area (Å²) in [6.07, 6.45) is 0. The Morgan fingerprint density at radius 1 is 1.14 bits per heavy atom. The average molecular weight is 446 g/mol. The number of halogens is 2. The highest BCUT2D eigenvalue weighted by molar-refractivity contribution is 7.09. The molecule has 0 aliphatic rings. The molecule has 0 fully saturated rings. The maximum absolute atomic E-state index is 12.5. The molecule has 4 aromatic rings. The summed E-state index contributed by atoms with van der Waals surface area (Å²) in [6, 6.07) is 16.7. The maximum atomic E-state index is 12.5. The molecule has 0 saturated heterocycles. The Bertz CT molecular complexity index is 1140. The summed E-state index contributed by atoms with van der Waals surface area (Å²) in [4.78, 5) is 18.3. The SMILES string of the molecule is O=C(Cn1c(COc2ccc(Cl)cc2Cl)nc2ccccc21)NCc1cccs1. The van der Waals surface area contributed by atoms with Crippen LogP contribution < -0.4 is 10.1 Å². The van der Waals surface area contributed by atoms with Crippen molar-refractivity contribution in [2.75, 3.05) is 0 Å². The van der Waals surface area contributed by atoms with Crippen molar-refractivity contribution in [1.29, 1.82) is 0 Å². The van der Waals surface area contributed by atoms with Gasteiger partial charge in [-0.2, -0.15) is 0 Å². The van der Waals surface area contributed by atoms with Gasteiger partial charge in [0.25, 0.3) is 0 Å². The van der Waals surface area contributed by atoms with Crippen LogP contribution in [0, 0.1) is 0 Å². The number of benzene rings is 2. The van der Waals surface area contributed by atoms with E-state index in [9.17, 15) is 4.79 Å². The summed E-state index contributed by atoms with van der Waals surface area (Å²) in [5.41, 5.74) is 1.68. The second kappa shape index (κ2) is 8.86. The summed E-state index contributed by atoms with van der Waals surface area (Å²) in [5.74, 6) is 1.06. The number of aromatic nitrogens is 2. The Balaban J connectivity index is 1.53. The summed E-state index contributed by atoms with van der Waals surface area (Å²) in [6.45, 7) is 0.836. The molecule has 2 aromatic heterocycles. The number of carbonyl (C=O) groups excluding carboxylic acids is 1. The van der Waals surface area contributed by atoms with E-state index in [0.717, 1.165) is 15.9 Å². The number of carbonyl (C=O) groups is 1. The summed E-state index contributed by atoms with van der Waals surface area (Å²) in [5, 5.41) is 5.90. The van der Waals surface area contributed by atoms with Crippen LogP contribution in [-0.4, -0.2) is 15.5 Å². The Morgan fingerprint density at radius 3 is 2.79 bits per heavy atom. The lowest BCUT2D eigenvalue weighted by molar-refractivity contribution is -0.121. The number of hydrogen-bond donors (Lipinski definition) is 1. The number of rotatable bonds is 7. The summed E-state index contributed by atoms with van der Waals surface area (Å²) < 4.78 is 7.71. The second-order valence-electron chi connectivity index (χ2n) is 6.32. The van der Waals surface area contributed by atoms with E-state index in [2.05, 4.69) is 10.3 Å². The number of hydrogen-bond acceptors (Lipinski definition) is 4. The molecule has 0 spiro atoms. The first-order chi connectivity index (χ1) is 14.1. The van der Waals surface area contributed by atoms with Crippen LogP contribution in [0.4, 0.5) is 0 Å². The lowest BCUT2D eigenvalue weighted by Crippen LogP contribution is -2.27. The van der Waals surface area contributed by atoms with Crippen molar-refractivity contribution in [3.63, 3.8) is 0 Å². The first kappa shape index (κ1) is 19.8. The first-order valence-corrected chi connectivity index (χ1v) is 10.5.